The smallest absolute Gasteiger partial charge is 0.223 e. The maximum absolute atomic E-state index is 13.7. The molecule has 0 spiro atoms. The van der Waals surface area contributed by atoms with Gasteiger partial charge in [-0.25, -0.2) is 8.78 Å². The second-order valence-electron chi connectivity index (χ2n) is 7.36. The van der Waals surface area contributed by atoms with Crippen LogP contribution in [0.5, 0.6) is 0 Å². The first-order valence-electron chi connectivity index (χ1n) is 9.12. The van der Waals surface area contributed by atoms with Gasteiger partial charge >= 0.3 is 0 Å². The minimum Gasteiger partial charge on any atom is -0.387 e. The van der Waals surface area contributed by atoms with Crippen molar-refractivity contribution in [3.63, 3.8) is 0 Å². The molecule has 6 heteroatoms. The van der Waals surface area contributed by atoms with Crippen molar-refractivity contribution in [2.45, 2.75) is 44.1 Å². The minimum atomic E-state index is -0.848. The molecule has 2 aliphatic heterocycles. The molecule has 4 nitrogen and oxygen atoms in total. The largest absolute Gasteiger partial charge is 0.387 e. The summed E-state index contributed by atoms with van der Waals surface area (Å²) in [7, 11) is 0. The average Bonchev–Trinajstić information content (AvgIpc) is 3.06. The predicted molar refractivity (Wildman–Crippen MR) is 91.1 cm³/mol. The van der Waals surface area contributed by atoms with Gasteiger partial charge in [-0.15, -0.1) is 0 Å². The molecule has 2 heterocycles. The van der Waals surface area contributed by atoms with E-state index in [1.165, 1.54) is 25.0 Å². The highest BCUT2D eigenvalue weighted by atomic mass is 19.1. The Hall–Kier alpha value is -1.53. The van der Waals surface area contributed by atoms with Crippen molar-refractivity contribution < 1.29 is 18.7 Å². The van der Waals surface area contributed by atoms with E-state index in [1.807, 2.05) is 0 Å². The van der Waals surface area contributed by atoms with Crippen LogP contribution in [0.15, 0.2) is 18.2 Å². The fourth-order valence-corrected chi connectivity index (χ4v) is 3.94. The number of piperidine rings is 1. The van der Waals surface area contributed by atoms with E-state index < -0.39 is 17.2 Å². The van der Waals surface area contributed by atoms with E-state index in [2.05, 4.69) is 4.90 Å². The molecule has 0 aromatic heterocycles. The summed E-state index contributed by atoms with van der Waals surface area (Å²) in [6.45, 7) is 3.62. The van der Waals surface area contributed by atoms with E-state index >= 15 is 0 Å². The molecule has 1 amide bonds. The standard InChI is InChI=1S/C19H26F2N2O2/c20-16-6-4-15(17(21)12-16)5-7-18(24)23-11-3-8-19(25,14-23)13-22-9-1-2-10-22/h4,6,12,25H,1-3,5,7-11,13-14H2/t19-/m1/s1. The zero-order valence-electron chi connectivity index (χ0n) is 14.5. The van der Waals surface area contributed by atoms with Crippen LogP contribution in [0, 0.1) is 11.6 Å². The molecule has 0 saturated carbocycles. The summed E-state index contributed by atoms with van der Waals surface area (Å²) in [4.78, 5) is 16.4. The fourth-order valence-electron chi connectivity index (χ4n) is 3.94. The molecule has 3 rings (SSSR count). The number of benzene rings is 1. The van der Waals surface area contributed by atoms with Gasteiger partial charge in [-0.05, 0) is 56.8 Å². The quantitative estimate of drug-likeness (QED) is 0.885. The van der Waals surface area contributed by atoms with Crippen LogP contribution < -0.4 is 0 Å². The minimum absolute atomic E-state index is 0.0803. The fraction of sp³-hybridized carbons (Fsp3) is 0.632. The average molecular weight is 352 g/mol. The van der Waals surface area contributed by atoms with Gasteiger partial charge < -0.3 is 14.9 Å². The molecule has 1 aromatic rings. The number of aliphatic hydroxyl groups is 1. The van der Waals surface area contributed by atoms with E-state index in [4.69, 9.17) is 0 Å². The van der Waals surface area contributed by atoms with Crippen LogP contribution in [-0.4, -0.2) is 59.1 Å². The molecule has 0 radical (unpaired) electrons. The number of carbonyl (C=O) groups is 1. The van der Waals surface area contributed by atoms with Crippen molar-refractivity contribution in [2.24, 2.45) is 0 Å². The Morgan fingerprint density at radius 3 is 2.64 bits per heavy atom. The van der Waals surface area contributed by atoms with Crippen LogP contribution in [-0.2, 0) is 11.2 Å². The number of hydrogen-bond acceptors (Lipinski definition) is 3. The Bertz CT molecular complexity index is 619. The molecule has 2 saturated heterocycles. The number of likely N-dealkylation sites (tertiary alicyclic amines) is 2. The second-order valence-corrected chi connectivity index (χ2v) is 7.36. The highest BCUT2D eigenvalue weighted by Gasteiger charge is 2.37. The van der Waals surface area contributed by atoms with Gasteiger partial charge in [0.1, 0.15) is 11.6 Å². The third-order valence-electron chi connectivity index (χ3n) is 5.25. The number of halogens is 2. The molecule has 0 unspecified atom stereocenters. The number of amides is 1. The first-order valence-corrected chi connectivity index (χ1v) is 9.12. The highest BCUT2D eigenvalue weighted by molar-refractivity contribution is 5.76. The van der Waals surface area contributed by atoms with Gasteiger partial charge in [0, 0.05) is 25.6 Å². The zero-order chi connectivity index (χ0) is 17.9. The summed E-state index contributed by atoms with van der Waals surface area (Å²) in [6.07, 6.45) is 4.24. The zero-order valence-corrected chi connectivity index (χ0v) is 14.5. The lowest BCUT2D eigenvalue weighted by molar-refractivity contribution is -0.139. The Morgan fingerprint density at radius 1 is 1.16 bits per heavy atom. The van der Waals surface area contributed by atoms with Crippen molar-refractivity contribution >= 4 is 5.91 Å². The summed E-state index contributed by atoms with van der Waals surface area (Å²) >= 11 is 0. The van der Waals surface area contributed by atoms with Crippen LogP contribution in [0.1, 0.15) is 37.7 Å². The van der Waals surface area contributed by atoms with Crippen molar-refractivity contribution in [1.82, 2.24) is 9.80 Å². The van der Waals surface area contributed by atoms with Gasteiger partial charge in [0.25, 0.3) is 0 Å². The lowest BCUT2D eigenvalue weighted by atomic mass is 9.92. The van der Waals surface area contributed by atoms with Crippen LogP contribution in [0.4, 0.5) is 8.78 Å². The molecule has 138 valence electrons. The first-order chi connectivity index (χ1) is 12.0. The van der Waals surface area contributed by atoms with Crippen LogP contribution >= 0.6 is 0 Å². The summed E-state index contributed by atoms with van der Waals surface area (Å²) < 4.78 is 26.6. The normalized spacial score (nSPS) is 24.7. The Balaban J connectivity index is 1.54. The number of aryl methyl sites for hydroxylation is 1. The van der Waals surface area contributed by atoms with Crippen molar-refractivity contribution in [2.75, 3.05) is 32.7 Å². The van der Waals surface area contributed by atoms with Gasteiger partial charge in [0.05, 0.1) is 12.1 Å². The van der Waals surface area contributed by atoms with Crippen molar-refractivity contribution in [3.05, 3.63) is 35.4 Å². The first kappa shape index (κ1) is 18.3. The molecule has 2 fully saturated rings. The van der Waals surface area contributed by atoms with Gasteiger partial charge in [-0.1, -0.05) is 6.07 Å². The SMILES string of the molecule is O=C(CCc1ccc(F)cc1F)N1CCC[C@@](O)(CN2CCCC2)C1. The van der Waals surface area contributed by atoms with E-state index in [0.29, 0.717) is 31.6 Å². The molecule has 2 aliphatic rings. The summed E-state index contributed by atoms with van der Waals surface area (Å²) in [5.41, 5.74) is -0.501. The Labute approximate surface area is 147 Å². The van der Waals surface area contributed by atoms with E-state index in [9.17, 15) is 18.7 Å². The highest BCUT2D eigenvalue weighted by Crippen LogP contribution is 2.25. The number of β-amino-alcohol motifs (C(OH)–C–C–N with tert-alkyl or cyclic N) is 1. The number of rotatable bonds is 5. The maximum atomic E-state index is 13.7. The van der Waals surface area contributed by atoms with Crippen molar-refractivity contribution in [3.8, 4) is 0 Å². The van der Waals surface area contributed by atoms with E-state index in [-0.39, 0.29) is 18.7 Å². The molecular weight excluding hydrogens is 326 g/mol. The summed E-state index contributed by atoms with van der Waals surface area (Å²) in [6, 6.07) is 3.44. The molecule has 1 atom stereocenters. The molecule has 0 bridgehead atoms. The summed E-state index contributed by atoms with van der Waals surface area (Å²) in [5, 5.41) is 10.9. The van der Waals surface area contributed by atoms with Crippen molar-refractivity contribution in [1.29, 1.82) is 0 Å². The Morgan fingerprint density at radius 2 is 1.92 bits per heavy atom. The summed E-state index contributed by atoms with van der Waals surface area (Å²) in [5.74, 6) is -1.31. The van der Waals surface area contributed by atoms with E-state index in [1.54, 1.807) is 4.90 Å². The third kappa shape index (κ3) is 4.76. The van der Waals surface area contributed by atoms with Gasteiger partial charge in [-0.3, -0.25) is 4.79 Å². The monoisotopic (exact) mass is 352 g/mol. The third-order valence-corrected chi connectivity index (χ3v) is 5.25. The Kier molecular flexibility index (Phi) is 5.69. The molecule has 25 heavy (non-hydrogen) atoms. The lowest BCUT2D eigenvalue weighted by Gasteiger charge is -2.41. The van der Waals surface area contributed by atoms with Gasteiger partial charge in [-0.2, -0.15) is 0 Å². The molecule has 1 aromatic carbocycles. The molecule has 1 N–H and O–H groups in total. The second kappa shape index (κ2) is 7.79. The van der Waals surface area contributed by atoms with Crippen LogP contribution in [0.25, 0.3) is 0 Å². The predicted octanol–water partition coefficient (Wildman–Crippen LogP) is 2.35. The van der Waals surface area contributed by atoms with Gasteiger partial charge in [0.2, 0.25) is 5.91 Å². The maximum Gasteiger partial charge on any atom is 0.223 e. The van der Waals surface area contributed by atoms with Gasteiger partial charge in [0.15, 0.2) is 0 Å². The van der Waals surface area contributed by atoms with E-state index in [0.717, 1.165) is 25.6 Å². The molecule has 0 aliphatic carbocycles. The topological polar surface area (TPSA) is 43.8 Å². The van der Waals surface area contributed by atoms with Crippen LogP contribution in [0.2, 0.25) is 0 Å². The number of nitrogens with zero attached hydrogens (tertiary/aromatic N) is 2. The number of carbonyl (C=O) groups excluding carboxylic acids is 1. The molecular formula is C19H26F2N2O2. The number of hydrogen-bond donors (Lipinski definition) is 1. The lowest BCUT2D eigenvalue weighted by Crippen LogP contribution is -2.55. The van der Waals surface area contributed by atoms with Crippen LogP contribution in [0.3, 0.4) is 0 Å².